The van der Waals surface area contributed by atoms with E-state index in [4.69, 9.17) is 4.99 Å². The van der Waals surface area contributed by atoms with Crippen LogP contribution in [0.25, 0.3) is 0 Å². The minimum atomic E-state index is -2.09. The summed E-state index contributed by atoms with van der Waals surface area (Å²) in [7, 11) is -2.09. The number of aliphatic imine (C=N–C) groups is 1. The molecule has 0 saturated heterocycles. The van der Waals surface area contributed by atoms with Gasteiger partial charge in [0.1, 0.15) is 28.8 Å². The summed E-state index contributed by atoms with van der Waals surface area (Å²) in [6.07, 6.45) is 18.0. The lowest BCUT2D eigenvalue weighted by molar-refractivity contribution is -0.00000928. The molecule has 1 heterocycles. The molecule has 0 N–H and O–H groups in total. The Labute approximate surface area is 284 Å². The van der Waals surface area contributed by atoms with Crippen LogP contribution in [0.1, 0.15) is 91.9 Å². The molecule has 45 heavy (non-hydrogen) atoms. The molecule has 1 aliphatic heterocycles. The molecular formula is C42H51BrNP. The fourth-order valence-corrected chi connectivity index (χ4v) is 13.1. The second-order valence-electron chi connectivity index (χ2n) is 13.8. The number of benzene rings is 3. The molecule has 0 radical (unpaired) electrons. The van der Waals surface area contributed by atoms with Crippen LogP contribution >= 0.6 is 7.26 Å². The number of hydrogen-bond donors (Lipinski definition) is 0. The average molecular weight is 681 g/mol. The second kappa shape index (κ2) is 14.9. The van der Waals surface area contributed by atoms with Crippen molar-refractivity contribution in [1.29, 1.82) is 0 Å². The smallest absolute Gasteiger partial charge is 0.119 e. The SMILES string of the molecule is CCCCCCCCC1C=CC(C(C)[P+](c2ccccc2)(c2ccccc2)c2ccccc2)=C2N=C3CCCC(C)(C)C3=C21.[Br-]. The van der Waals surface area contributed by atoms with Gasteiger partial charge in [-0.25, -0.2) is 0 Å². The van der Waals surface area contributed by atoms with Gasteiger partial charge in [0.15, 0.2) is 0 Å². The summed E-state index contributed by atoms with van der Waals surface area (Å²) in [5.41, 5.74) is 7.77. The molecule has 0 amide bonds. The van der Waals surface area contributed by atoms with E-state index in [-0.39, 0.29) is 28.1 Å². The van der Waals surface area contributed by atoms with E-state index in [0.29, 0.717) is 5.92 Å². The number of fused-ring (bicyclic) bond motifs is 2. The number of hydrogen-bond acceptors (Lipinski definition) is 1. The molecular weight excluding hydrogens is 629 g/mol. The van der Waals surface area contributed by atoms with Gasteiger partial charge in [0.2, 0.25) is 0 Å². The summed E-state index contributed by atoms with van der Waals surface area (Å²) in [4.78, 5) is 5.63. The predicted octanol–water partition coefficient (Wildman–Crippen LogP) is 7.53. The molecule has 1 fully saturated rings. The minimum Gasteiger partial charge on any atom is -1.00 e. The Kier molecular flexibility index (Phi) is 11.2. The van der Waals surface area contributed by atoms with Crippen LogP contribution in [0.2, 0.25) is 0 Å². The molecule has 236 valence electrons. The Morgan fingerprint density at radius 1 is 0.778 bits per heavy atom. The normalized spacial score (nSPS) is 19.5. The number of nitrogens with zero attached hydrogens (tertiary/aromatic N) is 1. The zero-order valence-electron chi connectivity index (χ0n) is 27.8. The Hall–Kier alpha value is -2.54. The lowest BCUT2D eigenvalue weighted by atomic mass is 9.68. The molecule has 3 heteroatoms. The Balaban J connectivity index is 0.00000400. The van der Waals surface area contributed by atoms with E-state index in [1.807, 2.05) is 0 Å². The lowest BCUT2D eigenvalue weighted by Gasteiger charge is -2.37. The second-order valence-corrected chi connectivity index (χ2v) is 17.6. The van der Waals surface area contributed by atoms with Gasteiger partial charge < -0.3 is 17.0 Å². The fraction of sp³-hybridized carbons (Fsp3) is 0.405. The van der Waals surface area contributed by atoms with E-state index < -0.39 is 7.26 Å². The molecule has 3 aromatic carbocycles. The van der Waals surface area contributed by atoms with Crippen molar-refractivity contribution in [2.45, 2.75) is 97.6 Å². The predicted molar refractivity (Wildman–Crippen MR) is 194 cm³/mol. The first-order chi connectivity index (χ1) is 21.5. The van der Waals surface area contributed by atoms with Crippen molar-refractivity contribution in [3.8, 4) is 0 Å². The maximum Gasteiger partial charge on any atom is 0.119 e. The van der Waals surface area contributed by atoms with Gasteiger partial charge in [-0.15, -0.1) is 0 Å². The first-order valence-corrected chi connectivity index (χ1v) is 19.1. The summed E-state index contributed by atoms with van der Waals surface area (Å²) in [6.45, 7) is 9.77. The van der Waals surface area contributed by atoms with Crippen molar-refractivity contribution in [2.24, 2.45) is 16.3 Å². The first kappa shape index (κ1) is 33.8. The monoisotopic (exact) mass is 679 g/mol. The van der Waals surface area contributed by atoms with Crippen LogP contribution in [-0.2, 0) is 0 Å². The minimum absolute atomic E-state index is 0. The van der Waals surface area contributed by atoms with Crippen molar-refractivity contribution >= 4 is 28.9 Å². The number of unbranched alkanes of at least 4 members (excludes halogenated alkanes) is 5. The van der Waals surface area contributed by atoms with Crippen LogP contribution in [0.3, 0.4) is 0 Å². The molecule has 6 rings (SSSR count). The van der Waals surface area contributed by atoms with E-state index in [1.54, 1.807) is 11.1 Å². The molecule has 0 spiro atoms. The van der Waals surface area contributed by atoms with Gasteiger partial charge in [-0.2, -0.15) is 0 Å². The standard InChI is InChI=1S/C42H51NP.BrH/c1-5-6-7-8-9-13-21-33-29-30-37(41-39(33)40-38(43-41)28-20-31-42(40,3)4)32(2)44(34-22-14-10-15-23-34,35-24-16-11-17-25-35)36-26-18-12-19-27-36;/h10-12,14-19,22-27,29-30,32-33H,5-9,13,20-21,28,31H2,1-4H3;1H/q+1;/p-1. The van der Waals surface area contributed by atoms with Crippen LogP contribution in [0, 0.1) is 11.3 Å². The maximum absolute atomic E-state index is 5.63. The molecule has 2 unspecified atom stereocenters. The third-order valence-electron chi connectivity index (χ3n) is 10.5. The van der Waals surface area contributed by atoms with Crippen LogP contribution in [0.15, 0.2) is 131 Å². The molecule has 0 aromatic heterocycles. The van der Waals surface area contributed by atoms with Gasteiger partial charge in [-0.1, -0.05) is 126 Å². The van der Waals surface area contributed by atoms with Gasteiger partial charge >= 0.3 is 0 Å². The molecule has 3 aromatic rings. The number of allylic oxidation sites excluding steroid dienone is 5. The number of halogens is 1. The molecule has 2 aliphatic carbocycles. The van der Waals surface area contributed by atoms with E-state index in [9.17, 15) is 0 Å². The number of rotatable bonds is 12. The fourth-order valence-electron chi connectivity index (χ4n) is 8.30. The van der Waals surface area contributed by atoms with Crippen LogP contribution in [-0.4, -0.2) is 11.4 Å². The zero-order chi connectivity index (χ0) is 30.6. The van der Waals surface area contributed by atoms with Crippen molar-refractivity contribution in [1.82, 2.24) is 0 Å². The van der Waals surface area contributed by atoms with Crippen molar-refractivity contribution < 1.29 is 17.0 Å². The summed E-state index contributed by atoms with van der Waals surface area (Å²) in [5, 5.41) is 4.33. The lowest BCUT2D eigenvalue weighted by Crippen LogP contribution is -3.00. The van der Waals surface area contributed by atoms with Crippen LogP contribution in [0.4, 0.5) is 0 Å². The van der Waals surface area contributed by atoms with Gasteiger partial charge in [-0.3, -0.25) is 4.99 Å². The third-order valence-corrected chi connectivity index (χ3v) is 15.3. The summed E-state index contributed by atoms with van der Waals surface area (Å²) < 4.78 is 0. The molecule has 2 atom stereocenters. The summed E-state index contributed by atoms with van der Waals surface area (Å²) in [6, 6.07) is 34.1. The highest BCUT2D eigenvalue weighted by Crippen LogP contribution is 2.63. The van der Waals surface area contributed by atoms with E-state index >= 15 is 0 Å². The largest absolute Gasteiger partial charge is 1.00 e. The van der Waals surface area contributed by atoms with Gasteiger partial charge in [0, 0.05) is 17.2 Å². The molecule has 3 aliphatic rings. The molecule has 1 saturated carbocycles. The topological polar surface area (TPSA) is 12.4 Å². The Morgan fingerprint density at radius 3 is 1.87 bits per heavy atom. The summed E-state index contributed by atoms with van der Waals surface area (Å²) in [5.74, 6) is 0.471. The van der Waals surface area contributed by atoms with Gasteiger partial charge in [-0.05, 0) is 85.6 Å². The Morgan fingerprint density at radius 2 is 1.31 bits per heavy atom. The first-order valence-electron chi connectivity index (χ1n) is 17.3. The highest BCUT2D eigenvalue weighted by Gasteiger charge is 2.53. The maximum atomic E-state index is 5.63. The van der Waals surface area contributed by atoms with Gasteiger partial charge in [0.25, 0.3) is 0 Å². The van der Waals surface area contributed by atoms with Crippen LogP contribution in [0.5, 0.6) is 0 Å². The Bertz CT molecular complexity index is 1450. The van der Waals surface area contributed by atoms with Crippen molar-refractivity contribution in [3.05, 3.63) is 126 Å². The van der Waals surface area contributed by atoms with E-state index in [2.05, 4.69) is 131 Å². The highest BCUT2D eigenvalue weighted by atomic mass is 79.9. The molecule has 0 bridgehead atoms. The third kappa shape index (κ3) is 6.53. The van der Waals surface area contributed by atoms with Crippen molar-refractivity contribution in [2.75, 3.05) is 0 Å². The van der Waals surface area contributed by atoms with Crippen molar-refractivity contribution in [3.63, 3.8) is 0 Å². The summed E-state index contributed by atoms with van der Waals surface area (Å²) >= 11 is 0. The van der Waals surface area contributed by atoms with Gasteiger partial charge in [0.05, 0.1) is 5.70 Å². The quantitative estimate of drug-likeness (QED) is 0.139. The highest BCUT2D eigenvalue weighted by molar-refractivity contribution is 7.96. The van der Waals surface area contributed by atoms with E-state index in [0.717, 1.165) is 6.42 Å². The zero-order valence-corrected chi connectivity index (χ0v) is 30.3. The average Bonchev–Trinajstić information content (AvgIpc) is 3.46. The van der Waals surface area contributed by atoms with E-state index in [1.165, 1.54) is 90.7 Å². The van der Waals surface area contributed by atoms with Crippen LogP contribution < -0.4 is 32.9 Å². The molecule has 1 nitrogen and oxygen atoms in total.